The van der Waals surface area contributed by atoms with E-state index in [1.807, 2.05) is 0 Å². The van der Waals surface area contributed by atoms with E-state index in [0.29, 0.717) is 45.2 Å². The van der Waals surface area contributed by atoms with E-state index in [1.165, 1.54) is 6.92 Å². The Bertz CT molecular complexity index is 559. The van der Waals surface area contributed by atoms with Gasteiger partial charge in [-0.05, 0) is 58.5 Å². The molecule has 0 heterocycles. The van der Waals surface area contributed by atoms with E-state index in [2.05, 4.69) is 16.0 Å². The molecule has 0 spiro atoms. The van der Waals surface area contributed by atoms with Gasteiger partial charge in [0, 0.05) is 0 Å². The maximum atomic E-state index is 12.7. The number of rotatable bonds is 16. The molecule has 0 rings (SSSR count). The number of aliphatic hydroxyl groups is 1. The van der Waals surface area contributed by atoms with Crippen molar-refractivity contribution in [2.75, 3.05) is 19.6 Å². The molecule has 0 aliphatic heterocycles. The van der Waals surface area contributed by atoms with Gasteiger partial charge in [-0.15, -0.1) is 0 Å². The van der Waals surface area contributed by atoms with E-state index in [0.717, 1.165) is 0 Å². The minimum absolute atomic E-state index is 0.210. The SMILES string of the molecule is CC(O)C(NC(=O)C(CCCCN)NC(=O)C(CCCCN)NC(=O)CN)C(=O)O. The summed E-state index contributed by atoms with van der Waals surface area (Å²) in [5, 5.41) is 26.0. The van der Waals surface area contributed by atoms with E-state index >= 15 is 0 Å². The van der Waals surface area contributed by atoms with Crippen LogP contribution in [0.2, 0.25) is 0 Å². The predicted octanol–water partition coefficient (Wildman–Crippen LogP) is -2.88. The van der Waals surface area contributed by atoms with Crippen molar-refractivity contribution in [2.45, 2.75) is 69.7 Å². The lowest BCUT2D eigenvalue weighted by Crippen LogP contribution is -2.57. The van der Waals surface area contributed by atoms with Crippen LogP contribution in [0.3, 0.4) is 0 Å². The monoisotopic (exact) mass is 432 g/mol. The molecule has 0 aromatic carbocycles. The van der Waals surface area contributed by atoms with Crippen LogP contribution < -0.4 is 33.2 Å². The first-order valence-electron chi connectivity index (χ1n) is 10.1. The Morgan fingerprint density at radius 3 is 1.67 bits per heavy atom. The summed E-state index contributed by atoms with van der Waals surface area (Å²) in [6, 6.07) is -3.50. The summed E-state index contributed by atoms with van der Waals surface area (Å²) < 4.78 is 0. The lowest BCUT2D eigenvalue weighted by atomic mass is 10.0. The molecule has 0 aliphatic carbocycles. The molecule has 0 aliphatic rings. The molecular formula is C18H36N6O6. The summed E-state index contributed by atoms with van der Waals surface area (Å²) in [4.78, 5) is 48.2. The van der Waals surface area contributed by atoms with Gasteiger partial charge in [0.25, 0.3) is 0 Å². The van der Waals surface area contributed by atoms with Crippen molar-refractivity contribution in [1.29, 1.82) is 0 Å². The molecule has 0 aromatic heterocycles. The molecule has 4 atom stereocenters. The zero-order valence-corrected chi connectivity index (χ0v) is 17.4. The molecule has 12 heteroatoms. The number of hydrogen-bond acceptors (Lipinski definition) is 8. The fourth-order valence-corrected chi connectivity index (χ4v) is 2.69. The number of carboxylic acid groups (broad SMARTS) is 1. The minimum atomic E-state index is -1.52. The second-order valence-corrected chi connectivity index (χ2v) is 7.02. The second kappa shape index (κ2) is 15.5. The van der Waals surface area contributed by atoms with Crippen molar-refractivity contribution in [3.05, 3.63) is 0 Å². The van der Waals surface area contributed by atoms with Crippen LogP contribution in [0.4, 0.5) is 0 Å². The number of carboxylic acids is 1. The molecule has 0 saturated carbocycles. The number of unbranched alkanes of at least 4 members (excludes halogenated alkanes) is 2. The Hall–Kier alpha value is -2.28. The van der Waals surface area contributed by atoms with Gasteiger partial charge in [0.05, 0.1) is 12.6 Å². The van der Waals surface area contributed by atoms with Crippen molar-refractivity contribution in [2.24, 2.45) is 17.2 Å². The van der Waals surface area contributed by atoms with Crippen LogP contribution in [0, 0.1) is 0 Å². The summed E-state index contributed by atoms with van der Waals surface area (Å²) in [5.74, 6) is -3.27. The number of nitrogens with two attached hydrogens (primary N) is 3. The second-order valence-electron chi connectivity index (χ2n) is 7.02. The van der Waals surface area contributed by atoms with Crippen molar-refractivity contribution < 1.29 is 29.4 Å². The Kier molecular flexibility index (Phi) is 14.4. The van der Waals surface area contributed by atoms with Gasteiger partial charge in [0.15, 0.2) is 6.04 Å². The number of aliphatic carboxylic acids is 1. The number of carbonyl (C=O) groups excluding carboxylic acids is 3. The Labute approximate surface area is 176 Å². The highest BCUT2D eigenvalue weighted by molar-refractivity contribution is 5.93. The highest BCUT2D eigenvalue weighted by atomic mass is 16.4. The van der Waals surface area contributed by atoms with Gasteiger partial charge in [0.2, 0.25) is 17.7 Å². The van der Waals surface area contributed by atoms with Crippen LogP contribution in [-0.2, 0) is 19.2 Å². The van der Waals surface area contributed by atoms with Gasteiger partial charge in [-0.25, -0.2) is 4.79 Å². The standard InChI is InChI=1S/C18H36N6O6/c1-11(25)15(18(29)30)24-17(28)13(7-3-5-9-20)23-16(27)12(6-2-4-8-19)22-14(26)10-21/h11-13,15,25H,2-10,19-21H2,1H3,(H,22,26)(H,23,27)(H,24,28)(H,29,30). The molecule has 0 bridgehead atoms. The van der Waals surface area contributed by atoms with Crippen LogP contribution >= 0.6 is 0 Å². The molecule has 3 amide bonds. The molecule has 0 aromatic rings. The number of carbonyl (C=O) groups is 4. The highest BCUT2D eigenvalue weighted by Crippen LogP contribution is 2.06. The molecule has 11 N–H and O–H groups in total. The molecule has 4 unspecified atom stereocenters. The predicted molar refractivity (Wildman–Crippen MR) is 110 cm³/mol. The minimum Gasteiger partial charge on any atom is -0.480 e. The smallest absolute Gasteiger partial charge is 0.328 e. The summed E-state index contributed by atoms with van der Waals surface area (Å²) >= 11 is 0. The summed E-state index contributed by atoms with van der Waals surface area (Å²) in [6.45, 7) is 1.76. The van der Waals surface area contributed by atoms with E-state index in [9.17, 15) is 24.3 Å². The average molecular weight is 433 g/mol. The lowest BCUT2D eigenvalue weighted by Gasteiger charge is -2.25. The molecule has 0 saturated heterocycles. The van der Waals surface area contributed by atoms with Gasteiger partial charge in [0.1, 0.15) is 12.1 Å². The molecule has 30 heavy (non-hydrogen) atoms. The number of amides is 3. The fourth-order valence-electron chi connectivity index (χ4n) is 2.69. The molecule has 174 valence electrons. The van der Waals surface area contributed by atoms with E-state index in [4.69, 9.17) is 22.3 Å². The molecular weight excluding hydrogens is 396 g/mol. The van der Waals surface area contributed by atoms with Crippen LogP contribution in [0.15, 0.2) is 0 Å². The summed E-state index contributed by atoms with van der Waals surface area (Å²) in [6.07, 6.45) is 1.51. The molecule has 12 nitrogen and oxygen atoms in total. The largest absolute Gasteiger partial charge is 0.480 e. The molecule has 0 fully saturated rings. The first-order chi connectivity index (χ1) is 14.2. The zero-order chi connectivity index (χ0) is 23.1. The van der Waals surface area contributed by atoms with Crippen molar-refractivity contribution >= 4 is 23.7 Å². The summed E-state index contributed by atoms with van der Waals surface area (Å²) in [5.41, 5.74) is 16.2. The Morgan fingerprint density at radius 2 is 1.27 bits per heavy atom. The number of hydrogen-bond donors (Lipinski definition) is 8. The molecule has 0 radical (unpaired) electrons. The Balaban J connectivity index is 5.30. The maximum absolute atomic E-state index is 12.7. The van der Waals surface area contributed by atoms with Crippen LogP contribution in [0.1, 0.15) is 45.4 Å². The first kappa shape index (κ1) is 27.7. The number of nitrogens with one attached hydrogen (secondary N) is 3. The first-order valence-corrected chi connectivity index (χ1v) is 10.1. The third-order valence-corrected chi connectivity index (χ3v) is 4.41. The van der Waals surface area contributed by atoms with E-state index in [-0.39, 0.29) is 13.0 Å². The van der Waals surface area contributed by atoms with Gasteiger partial charge < -0.3 is 43.4 Å². The average Bonchev–Trinajstić information content (AvgIpc) is 2.69. The normalized spacial score (nSPS) is 14.8. The fraction of sp³-hybridized carbons (Fsp3) is 0.778. The summed E-state index contributed by atoms with van der Waals surface area (Å²) in [7, 11) is 0. The third-order valence-electron chi connectivity index (χ3n) is 4.41. The zero-order valence-electron chi connectivity index (χ0n) is 17.4. The van der Waals surface area contributed by atoms with Crippen molar-refractivity contribution in [1.82, 2.24) is 16.0 Å². The topological polar surface area (TPSA) is 223 Å². The van der Waals surface area contributed by atoms with Crippen LogP contribution in [0.25, 0.3) is 0 Å². The third kappa shape index (κ3) is 11.0. The van der Waals surface area contributed by atoms with Crippen molar-refractivity contribution in [3.63, 3.8) is 0 Å². The maximum Gasteiger partial charge on any atom is 0.328 e. The van der Waals surface area contributed by atoms with Crippen molar-refractivity contribution in [3.8, 4) is 0 Å². The van der Waals surface area contributed by atoms with Gasteiger partial charge >= 0.3 is 5.97 Å². The highest BCUT2D eigenvalue weighted by Gasteiger charge is 2.31. The number of aliphatic hydroxyl groups excluding tert-OH is 1. The van der Waals surface area contributed by atoms with Gasteiger partial charge in [-0.1, -0.05) is 0 Å². The quantitative estimate of drug-likeness (QED) is 0.117. The van der Waals surface area contributed by atoms with Crippen LogP contribution in [-0.4, -0.2) is 77.8 Å². The van der Waals surface area contributed by atoms with E-state index in [1.54, 1.807) is 0 Å². The van der Waals surface area contributed by atoms with Gasteiger partial charge in [-0.3, -0.25) is 14.4 Å². The Morgan fingerprint density at radius 1 is 0.800 bits per heavy atom. The van der Waals surface area contributed by atoms with Gasteiger partial charge in [-0.2, -0.15) is 0 Å². The van der Waals surface area contributed by atoms with E-state index < -0.39 is 47.9 Å². The lowest BCUT2D eigenvalue weighted by molar-refractivity contribution is -0.145. The van der Waals surface area contributed by atoms with Crippen LogP contribution in [0.5, 0.6) is 0 Å².